The molecule has 1 atom stereocenters. The minimum absolute atomic E-state index is 0.338. The van der Waals surface area contributed by atoms with Gasteiger partial charge in [-0.1, -0.05) is 12.1 Å². The predicted octanol–water partition coefficient (Wildman–Crippen LogP) is 1.93. The van der Waals surface area contributed by atoms with Crippen LogP contribution in [0.3, 0.4) is 0 Å². The van der Waals surface area contributed by atoms with Gasteiger partial charge in [0.1, 0.15) is 11.9 Å². The standard InChI is InChI=1S/C10H10FO2/c1-7-8(10(6-12)13-2)4-3-5-9(7)11/h3-5,10H,1-2H3/t10-/m0/s1. The Hall–Kier alpha value is -1.22. The zero-order valence-electron chi connectivity index (χ0n) is 7.50. The predicted molar refractivity (Wildman–Crippen MR) is 46.6 cm³/mol. The van der Waals surface area contributed by atoms with Gasteiger partial charge in [-0.25, -0.2) is 4.39 Å². The molecule has 0 saturated heterocycles. The number of ether oxygens (including phenoxy) is 1. The van der Waals surface area contributed by atoms with Crippen LogP contribution in [0.25, 0.3) is 0 Å². The van der Waals surface area contributed by atoms with Gasteiger partial charge in [0.25, 0.3) is 0 Å². The minimum atomic E-state index is -0.796. The quantitative estimate of drug-likeness (QED) is 0.712. The summed E-state index contributed by atoms with van der Waals surface area (Å²) in [6.45, 7) is 1.61. The molecule has 1 rings (SSSR count). The van der Waals surface area contributed by atoms with E-state index in [4.69, 9.17) is 4.74 Å². The summed E-state index contributed by atoms with van der Waals surface area (Å²) in [7, 11) is 1.39. The Morgan fingerprint density at radius 2 is 2.23 bits per heavy atom. The highest BCUT2D eigenvalue weighted by atomic mass is 19.1. The maximum atomic E-state index is 13.0. The molecule has 0 aliphatic carbocycles. The van der Waals surface area contributed by atoms with Crippen LogP contribution in [0.4, 0.5) is 4.39 Å². The second-order valence-electron chi connectivity index (χ2n) is 2.69. The summed E-state index contributed by atoms with van der Waals surface area (Å²) >= 11 is 0. The van der Waals surface area contributed by atoms with Gasteiger partial charge in [-0.05, 0) is 24.1 Å². The fourth-order valence-corrected chi connectivity index (χ4v) is 1.15. The molecule has 0 bridgehead atoms. The van der Waals surface area contributed by atoms with Gasteiger partial charge in [-0.3, -0.25) is 4.79 Å². The number of hydrogen-bond donors (Lipinski definition) is 0. The van der Waals surface area contributed by atoms with E-state index in [9.17, 15) is 9.18 Å². The molecule has 0 N–H and O–H groups in total. The molecule has 0 aromatic heterocycles. The van der Waals surface area contributed by atoms with Gasteiger partial charge in [0.2, 0.25) is 6.29 Å². The number of hydrogen-bond acceptors (Lipinski definition) is 2. The van der Waals surface area contributed by atoms with E-state index in [0.717, 1.165) is 0 Å². The fraction of sp³-hybridized carbons (Fsp3) is 0.300. The average Bonchev–Trinajstić information content (AvgIpc) is 2.14. The van der Waals surface area contributed by atoms with Crippen molar-refractivity contribution in [2.75, 3.05) is 7.11 Å². The molecule has 3 heteroatoms. The molecule has 1 aromatic rings. The number of halogens is 1. The first-order valence-corrected chi connectivity index (χ1v) is 3.86. The molecule has 1 radical (unpaired) electrons. The van der Waals surface area contributed by atoms with Crippen molar-refractivity contribution in [2.45, 2.75) is 13.0 Å². The van der Waals surface area contributed by atoms with Crippen molar-refractivity contribution in [1.29, 1.82) is 0 Å². The number of carbonyl (C=O) groups excluding carboxylic acids is 1. The monoisotopic (exact) mass is 181 g/mol. The normalized spacial score (nSPS) is 12.5. The van der Waals surface area contributed by atoms with Crippen LogP contribution >= 0.6 is 0 Å². The first kappa shape index (κ1) is 9.86. The summed E-state index contributed by atoms with van der Waals surface area (Å²) < 4.78 is 17.9. The van der Waals surface area contributed by atoms with Gasteiger partial charge < -0.3 is 4.74 Å². The van der Waals surface area contributed by atoms with E-state index in [2.05, 4.69) is 0 Å². The third-order valence-corrected chi connectivity index (χ3v) is 1.93. The molecule has 0 fully saturated rings. The lowest BCUT2D eigenvalue weighted by Crippen LogP contribution is -2.05. The largest absolute Gasteiger partial charge is 0.368 e. The van der Waals surface area contributed by atoms with Crippen LogP contribution in [-0.2, 0) is 9.53 Å². The van der Waals surface area contributed by atoms with Gasteiger partial charge in [0, 0.05) is 7.11 Å². The van der Waals surface area contributed by atoms with Crippen molar-refractivity contribution in [3.8, 4) is 0 Å². The molecular formula is C10H10FO2. The molecule has 1 aromatic carbocycles. The first-order valence-electron chi connectivity index (χ1n) is 3.86. The third kappa shape index (κ3) is 1.92. The van der Waals surface area contributed by atoms with Gasteiger partial charge in [0.15, 0.2) is 0 Å². The second kappa shape index (κ2) is 4.14. The summed E-state index contributed by atoms with van der Waals surface area (Å²) in [5, 5.41) is 0. The van der Waals surface area contributed by atoms with Crippen molar-refractivity contribution in [2.24, 2.45) is 0 Å². The Morgan fingerprint density at radius 3 is 2.77 bits per heavy atom. The van der Waals surface area contributed by atoms with Crippen molar-refractivity contribution in [3.05, 3.63) is 35.1 Å². The molecule has 2 nitrogen and oxygen atoms in total. The molecule has 0 aliphatic rings. The lowest BCUT2D eigenvalue weighted by molar-refractivity contribution is 0.153. The Bertz CT molecular complexity index is 310. The topological polar surface area (TPSA) is 26.3 Å². The van der Waals surface area contributed by atoms with E-state index in [1.807, 2.05) is 0 Å². The maximum Gasteiger partial charge on any atom is 0.234 e. The van der Waals surface area contributed by atoms with Crippen LogP contribution in [0.2, 0.25) is 0 Å². The first-order chi connectivity index (χ1) is 6.20. The third-order valence-electron chi connectivity index (χ3n) is 1.93. The molecule has 0 aliphatic heterocycles. The molecule has 0 amide bonds. The van der Waals surface area contributed by atoms with Crippen molar-refractivity contribution in [3.63, 3.8) is 0 Å². The van der Waals surface area contributed by atoms with Gasteiger partial charge >= 0.3 is 0 Å². The zero-order valence-corrected chi connectivity index (χ0v) is 7.50. The molecular weight excluding hydrogens is 171 g/mol. The highest BCUT2D eigenvalue weighted by Crippen LogP contribution is 2.20. The molecule has 69 valence electrons. The molecule has 13 heavy (non-hydrogen) atoms. The lowest BCUT2D eigenvalue weighted by atomic mass is 10.0. The Kier molecular flexibility index (Phi) is 3.14. The van der Waals surface area contributed by atoms with Gasteiger partial charge in [-0.15, -0.1) is 0 Å². The van der Waals surface area contributed by atoms with E-state index in [0.29, 0.717) is 11.1 Å². The lowest BCUT2D eigenvalue weighted by Gasteiger charge is -2.10. The molecule has 0 spiro atoms. The highest BCUT2D eigenvalue weighted by Gasteiger charge is 2.14. The van der Waals surface area contributed by atoms with Gasteiger partial charge in [0.05, 0.1) is 0 Å². The Balaban J connectivity index is 3.13. The zero-order chi connectivity index (χ0) is 9.84. The van der Waals surface area contributed by atoms with Crippen LogP contribution in [0.15, 0.2) is 18.2 Å². The molecule has 0 heterocycles. The summed E-state index contributed by atoms with van der Waals surface area (Å²) in [4.78, 5) is 10.4. The van der Waals surface area contributed by atoms with E-state index in [1.165, 1.54) is 13.2 Å². The van der Waals surface area contributed by atoms with Crippen LogP contribution in [-0.4, -0.2) is 13.4 Å². The summed E-state index contributed by atoms with van der Waals surface area (Å²) in [6.07, 6.45) is 0.902. The van der Waals surface area contributed by atoms with E-state index in [-0.39, 0.29) is 5.82 Å². The van der Waals surface area contributed by atoms with Crippen molar-refractivity contribution < 1.29 is 13.9 Å². The maximum absolute atomic E-state index is 13.0. The minimum Gasteiger partial charge on any atom is -0.368 e. The Morgan fingerprint density at radius 1 is 1.54 bits per heavy atom. The van der Waals surface area contributed by atoms with Crippen LogP contribution in [0, 0.1) is 12.7 Å². The smallest absolute Gasteiger partial charge is 0.234 e. The van der Waals surface area contributed by atoms with Crippen molar-refractivity contribution >= 4 is 6.29 Å². The van der Waals surface area contributed by atoms with Crippen LogP contribution < -0.4 is 0 Å². The Labute approximate surface area is 76.3 Å². The molecule has 0 unspecified atom stereocenters. The van der Waals surface area contributed by atoms with E-state index in [1.54, 1.807) is 25.3 Å². The van der Waals surface area contributed by atoms with Crippen LogP contribution in [0.5, 0.6) is 0 Å². The summed E-state index contributed by atoms with van der Waals surface area (Å²) in [6, 6.07) is 4.54. The summed E-state index contributed by atoms with van der Waals surface area (Å²) in [5.74, 6) is -0.338. The number of benzene rings is 1. The van der Waals surface area contributed by atoms with Crippen LogP contribution in [0.1, 0.15) is 17.2 Å². The van der Waals surface area contributed by atoms with E-state index < -0.39 is 6.10 Å². The average molecular weight is 181 g/mol. The van der Waals surface area contributed by atoms with Crippen molar-refractivity contribution in [1.82, 2.24) is 0 Å². The molecule has 0 saturated carbocycles. The fourth-order valence-electron chi connectivity index (χ4n) is 1.15. The van der Waals surface area contributed by atoms with Gasteiger partial charge in [-0.2, -0.15) is 0 Å². The SMILES string of the molecule is CO[C@@H]([C]=O)c1cccc(F)c1C. The number of methoxy groups -OCH3 is 1. The second-order valence-corrected chi connectivity index (χ2v) is 2.69. The number of rotatable bonds is 3. The summed E-state index contributed by atoms with van der Waals surface area (Å²) in [5.41, 5.74) is 0.954. The van der Waals surface area contributed by atoms with E-state index >= 15 is 0 Å². The highest BCUT2D eigenvalue weighted by molar-refractivity contribution is 5.61.